The smallest absolute Gasteiger partial charge is 0.193 e. The number of hydrogen-bond acceptors (Lipinski definition) is 4. The molecule has 0 saturated carbocycles. The van der Waals surface area contributed by atoms with Crippen LogP contribution in [0, 0.1) is 5.92 Å². The van der Waals surface area contributed by atoms with Crippen molar-refractivity contribution in [1.82, 2.24) is 15.1 Å². The highest BCUT2D eigenvalue weighted by Gasteiger charge is 2.24. The highest BCUT2D eigenvalue weighted by molar-refractivity contribution is 7.99. The van der Waals surface area contributed by atoms with Crippen LogP contribution in [0.1, 0.15) is 13.3 Å². The third-order valence-electron chi connectivity index (χ3n) is 4.57. The van der Waals surface area contributed by atoms with Gasteiger partial charge in [-0.1, -0.05) is 18.2 Å². The maximum absolute atomic E-state index is 5.13. The molecule has 2 rings (SSSR count). The van der Waals surface area contributed by atoms with Crippen LogP contribution >= 0.6 is 11.8 Å². The molecule has 1 aromatic carbocycles. The van der Waals surface area contributed by atoms with E-state index in [4.69, 9.17) is 9.73 Å². The maximum atomic E-state index is 5.13. The average molecular weight is 379 g/mol. The lowest BCUT2D eigenvalue weighted by molar-refractivity contribution is 0.163. The summed E-state index contributed by atoms with van der Waals surface area (Å²) in [5.74, 6) is 2.98. The van der Waals surface area contributed by atoms with Gasteiger partial charge in [0.25, 0.3) is 0 Å². The molecular formula is C20H34N4OS. The number of hydrogen-bond donors (Lipinski definition) is 1. The van der Waals surface area contributed by atoms with E-state index in [9.17, 15) is 0 Å². The van der Waals surface area contributed by atoms with Crippen molar-refractivity contribution in [3.8, 4) is 0 Å². The van der Waals surface area contributed by atoms with Gasteiger partial charge in [-0.05, 0) is 38.4 Å². The highest BCUT2D eigenvalue weighted by Crippen LogP contribution is 2.25. The van der Waals surface area contributed by atoms with Gasteiger partial charge in [-0.25, -0.2) is 0 Å². The molecule has 1 atom stereocenters. The maximum Gasteiger partial charge on any atom is 0.193 e. The van der Waals surface area contributed by atoms with Crippen molar-refractivity contribution >= 4 is 17.7 Å². The number of nitrogens with zero attached hydrogens (tertiary/aromatic N) is 3. The molecule has 0 aliphatic carbocycles. The summed E-state index contributed by atoms with van der Waals surface area (Å²) < 4.78 is 5.13. The number of methoxy groups -OCH3 is 1. The van der Waals surface area contributed by atoms with Crippen molar-refractivity contribution in [2.45, 2.75) is 18.2 Å². The molecule has 1 N–H and O–H groups in total. The fraction of sp³-hybridized carbons (Fsp3) is 0.650. The van der Waals surface area contributed by atoms with Gasteiger partial charge in [0.2, 0.25) is 0 Å². The molecule has 1 fully saturated rings. The van der Waals surface area contributed by atoms with Gasteiger partial charge >= 0.3 is 0 Å². The lowest BCUT2D eigenvalue weighted by Gasteiger charge is -2.22. The predicted molar refractivity (Wildman–Crippen MR) is 112 cm³/mol. The minimum atomic E-state index is 0.730. The molecule has 1 heterocycles. The molecule has 0 spiro atoms. The molecule has 1 unspecified atom stereocenters. The van der Waals surface area contributed by atoms with Gasteiger partial charge in [0.15, 0.2) is 5.96 Å². The first-order valence-corrected chi connectivity index (χ1v) is 10.6. The molecule has 0 bridgehead atoms. The van der Waals surface area contributed by atoms with Crippen molar-refractivity contribution < 1.29 is 4.74 Å². The molecule has 6 heteroatoms. The first-order valence-electron chi connectivity index (χ1n) is 9.61. The van der Waals surface area contributed by atoms with Gasteiger partial charge in [-0.2, -0.15) is 0 Å². The van der Waals surface area contributed by atoms with Crippen molar-refractivity contribution in [1.29, 1.82) is 0 Å². The Hall–Kier alpha value is -1.24. The summed E-state index contributed by atoms with van der Waals surface area (Å²) in [5, 5.41) is 3.46. The van der Waals surface area contributed by atoms with Gasteiger partial charge < -0.3 is 19.9 Å². The molecule has 0 aromatic heterocycles. The quantitative estimate of drug-likeness (QED) is 0.385. The van der Waals surface area contributed by atoms with Crippen LogP contribution < -0.4 is 5.32 Å². The first kappa shape index (κ1) is 21.1. The van der Waals surface area contributed by atoms with Crippen LogP contribution in [0.3, 0.4) is 0 Å². The van der Waals surface area contributed by atoms with Gasteiger partial charge in [0.1, 0.15) is 0 Å². The zero-order valence-corrected chi connectivity index (χ0v) is 17.3. The van der Waals surface area contributed by atoms with E-state index in [1.807, 2.05) is 11.8 Å². The number of likely N-dealkylation sites (N-methyl/N-ethyl adjacent to an activating group) is 1. The molecule has 146 valence electrons. The number of thioether (sulfide) groups is 1. The Kier molecular flexibility index (Phi) is 9.89. The fourth-order valence-electron chi connectivity index (χ4n) is 3.00. The van der Waals surface area contributed by atoms with Crippen LogP contribution in [0.25, 0.3) is 0 Å². The van der Waals surface area contributed by atoms with Gasteiger partial charge in [-0.15, -0.1) is 11.8 Å². The number of aliphatic imine (C=N–C) groups is 1. The topological polar surface area (TPSA) is 40.1 Å². The fourth-order valence-corrected chi connectivity index (χ4v) is 4.05. The zero-order valence-electron chi connectivity index (χ0n) is 16.5. The number of nitrogens with one attached hydrogen (secondary N) is 1. The monoisotopic (exact) mass is 378 g/mol. The van der Waals surface area contributed by atoms with Crippen molar-refractivity contribution in [2.75, 3.05) is 65.8 Å². The summed E-state index contributed by atoms with van der Waals surface area (Å²) in [6.07, 6.45) is 1.25. The van der Waals surface area contributed by atoms with Crippen molar-refractivity contribution in [2.24, 2.45) is 10.9 Å². The van der Waals surface area contributed by atoms with Crippen LogP contribution in [0.5, 0.6) is 0 Å². The van der Waals surface area contributed by atoms with Crippen molar-refractivity contribution in [3.05, 3.63) is 30.3 Å². The van der Waals surface area contributed by atoms with Crippen LogP contribution in [-0.2, 0) is 4.74 Å². The van der Waals surface area contributed by atoms with E-state index in [0.717, 1.165) is 57.8 Å². The number of guanidine groups is 1. The third-order valence-corrected chi connectivity index (χ3v) is 5.81. The SMILES string of the molecule is CCNC(=NCCN(C)CCOC)N1CCC(CSc2ccccc2)C1. The highest BCUT2D eigenvalue weighted by atomic mass is 32.2. The average Bonchev–Trinajstić information content (AvgIpc) is 3.14. The Balaban J connectivity index is 1.77. The van der Waals surface area contributed by atoms with E-state index >= 15 is 0 Å². The number of benzene rings is 1. The van der Waals surface area contributed by atoms with Crippen LogP contribution in [-0.4, -0.2) is 81.5 Å². The molecule has 26 heavy (non-hydrogen) atoms. The Morgan fingerprint density at radius 1 is 1.35 bits per heavy atom. The zero-order chi connectivity index (χ0) is 18.6. The molecule has 1 aromatic rings. The summed E-state index contributed by atoms with van der Waals surface area (Å²) in [5.41, 5.74) is 0. The summed E-state index contributed by atoms with van der Waals surface area (Å²) in [6.45, 7) is 8.76. The van der Waals surface area contributed by atoms with Crippen LogP contribution in [0.15, 0.2) is 40.2 Å². The summed E-state index contributed by atoms with van der Waals surface area (Å²) >= 11 is 1.97. The lowest BCUT2D eigenvalue weighted by Crippen LogP contribution is -2.40. The largest absolute Gasteiger partial charge is 0.383 e. The second-order valence-corrected chi connectivity index (χ2v) is 7.85. The molecule has 5 nitrogen and oxygen atoms in total. The molecular weight excluding hydrogens is 344 g/mol. The first-order chi connectivity index (χ1) is 12.7. The van der Waals surface area contributed by atoms with E-state index in [1.165, 1.54) is 17.1 Å². The van der Waals surface area contributed by atoms with E-state index in [1.54, 1.807) is 7.11 Å². The summed E-state index contributed by atoms with van der Waals surface area (Å²) in [6, 6.07) is 10.7. The van der Waals surface area contributed by atoms with Gasteiger partial charge in [0, 0.05) is 50.5 Å². The summed E-state index contributed by atoms with van der Waals surface area (Å²) in [7, 11) is 3.86. The lowest BCUT2D eigenvalue weighted by atomic mass is 10.2. The molecule has 0 amide bonds. The second-order valence-electron chi connectivity index (χ2n) is 6.76. The third kappa shape index (κ3) is 7.56. The molecule has 1 saturated heterocycles. The molecule has 1 aliphatic heterocycles. The van der Waals surface area contributed by atoms with E-state index in [2.05, 4.69) is 59.4 Å². The van der Waals surface area contributed by atoms with Gasteiger partial charge in [-0.3, -0.25) is 4.99 Å². The molecule has 0 radical (unpaired) electrons. The number of rotatable bonds is 10. The van der Waals surface area contributed by atoms with E-state index in [-0.39, 0.29) is 0 Å². The Morgan fingerprint density at radius 2 is 2.15 bits per heavy atom. The minimum Gasteiger partial charge on any atom is -0.383 e. The normalized spacial score (nSPS) is 17.9. The minimum absolute atomic E-state index is 0.730. The van der Waals surface area contributed by atoms with Crippen LogP contribution in [0.2, 0.25) is 0 Å². The van der Waals surface area contributed by atoms with Crippen LogP contribution in [0.4, 0.5) is 0 Å². The standard InChI is InChI=1S/C20H34N4OS/c1-4-21-20(22-11-13-23(2)14-15-25-3)24-12-10-18(16-24)17-26-19-8-6-5-7-9-19/h5-9,18H,4,10-17H2,1-3H3,(H,21,22). The Bertz CT molecular complexity index is 526. The second kappa shape index (κ2) is 12.2. The number of ether oxygens (including phenoxy) is 1. The van der Waals surface area contributed by atoms with E-state index in [0.29, 0.717) is 0 Å². The Morgan fingerprint density at radius 3 is 2.88 bits per heavy atom. The van der Waals surface area contributed by atoms with Crippen molar-refractivity contribution in [3.63, 3.8) is 0 Å². The number of likely N-dealkylation sites (tertiary alicyclic amines) is 1. The van der Waals surface area contributed by atoms with Gasteiger partial charge in [0.05, 0.1) is 13.2 Å². The Labute approximate surface area is 163 Å². The molecule has 1 aliphatic rings. The van der Waals surface area contributed by atoms with E-state index < -0.39 is 0 Å². The summed E-state index contributed by atoms with van der Waals surface area (Å²) in [4.78, 5) is 10.9. The predicted octanol–water partition coefficient (Wildman–Crippen LogP) is 2.64.